The Hall–Kier alpha value is -2.25. The molecule has 0 aliphatic rings. The zero-order valence-corrected chi connectivity index (χ0v) is 16.8. The van der Waals surface area contributed by atoms with Gasteiger partial charge >= 0.3 is 0 Å². The SMILES string of the molecule is O=C(Cc1csc(-c2ccc(Cl)cc2)n1)NCCNCC(O)c1ccccc1. The largest absolute Gasteiger partial charge is 0.387 e. The maximum absolute atomic E-state index is 12.1. The number of hydrogen-bond acceptors (Lipinski definition) is 5. The summed E-state index contributed by atoms with van der Waals surface area (Å²) < 4.78 is 0. The Balaban J connectivity index is 1.36. The fraction of sp³-hybridized carbons (Fsp3) is 0.238. The monoisotopic (exact) mass is 415 g/mol. The van der Waals surface area contributed by atoms with Crippen LogP contribution in [-0.4, -0.2) is 35.6 Å². The molecular formula is C21H22ClN3O2S. The molecule has 1 unspecified atom stereocenters. The van der Waals surface area contributed by atoms with Crippen LogP contribution in [0.4, 0.5) is 0 Å². The molecule has 3 N–H and O–H groups in total. The summed E-state index contributed by atoms with van der Waals surface area (Å²) in [6.45, 7) is 1.52. The van der Waals surface area contributed by atoms with Crippen LogP contribution < -0.4 is 10.6 Å². The molecule has 146 valence electrons. The van der Waals surface area contributed by atoms with Crippen LogP contribution in [0, 0.1) is 0 Å². The van der Waals surface area contributed by atoms with Crippen LogP contribution in [0.15, 0.2) is 60.0 Å². The minimum atomic E-state index is -0.557. The van der Waals surface area contributed by atoms with Crippen molar-refractivity contribution < 1.29 is 9.90 Å². The fourth-order valence-corrected chi connectivity index (χ4v) is 3.61. The summed E-state index contributed by atoms with van der Waals surface area (Å²) in [5.41, 5.74) is 2.61. The summed E-state index contributed by atoms with van der Waals surface area (Å²) in [5.74, 6) is -0.0710. The number of aliphatic hydroxyl groups excluding tert-OH is 1. The predicted octanol–water partition coefficient (Wildman–Crippen LogP) is 3.45. The molecule has 0 saturated heterocycles. The second-order valence-electron chi connectivity index (χ2n) is 6.31. The Morgan fingerprint density at radius 1 is 1.11 bits per heavy atom. The van der Waals surface area contributed by atoms with Crippen LogP contribution in [0.25, 0.3) is 10.6 Å². The molecule has 0 aliphatic carbocycles. The van der Waals surface area contributed by atoms with Gasteiger partial charge in [-0.25, -0.2) is 4.98 Å². The number of rotatable bonds is 9. The number of aliphatic hydroxyl groups is 1. The van der Waals surface area contributed by atoms with Crippen molar-refractivity contribution in [3.8, 4) is 10.6 Å². The Kier molecular flexibility index (Phi) is 7.56. The summed E-state index contributed by atoms with van der Waals surface area (Å²) >= 11 is 7.41. The molecule has 3 aromatic rings. The lowest BCUT2D eigenvalue weighted by Crippen LogP contribution is -2.34. The quantitative estimate of drug-likeness (QED) is 0.468. The van der Waals surface area contributed by atoms with Crippen LogP contribution in [0.5, 0.6) is 0 Å². The molecule has 5 nitrogen and oxygen atoms in total. The highest BCUT2D eigenvalue weighted by atomic mass is 35.5. The molecule has 3 rings (SSSR count). The Morgan fingerprint density at radius 2 is 1.86 bits per heavy atom. The number of hydrogen-bond donors (Lipinski definition) is 3. The number of carbonyl (C=O) groups excluding carboxylic acids is 1. The summed E-state index contributed by atoms with van der Waals surface area (Å²) in [5, 5.41) is 19.5. The summed E-state index contributed by atoms with van der Waals surface area (Å²) in [6, 6.07) is 17.0. The molecule has 1 atom stereocenters. The highest BCUT2D eigenvalue weighted by Gasteiger charge is 2.09. The van der Waals surface area contributed by atoms with E-state index in [9.17, 15) is 9.90 Å². The van der Waals surface area contributed by atoms with Crippen LogP contribution >= 0.6 is 22.9 Å². The van der Waals surface area contributed by atoms with E-state index in [0.29, 0.717) is 24.7 Å². The molecule has 1 heterocycles. The van der Waals surface area contributed by atoms with Gasteiger partial charge in [0.1, 0.15) is 5.01 Å². The lowest BCUT2D eigenvalue weighted by molar-refractivity contribution is -0.120. The lowest BCUT2D eigenvalue weighted by atomic mass is 10.1. The number of nitrogens with one attached hydrogen (secondary N) is 2. The molecule has 1 aromatic heterocycles. The highest BCUT2D eigenvalue weighted by molar-refractivity contribution is 7.13. The summed E-state index contributed by atoms with van der Waals surface area (Å²) in [6.07, 6.45) is -0.310. The number of benzene rings is 2. The second-order valence-corrected chi connectivity index (χ2v) is 7.60. The van der Waals surface area contributed by atoms with E-state index in [1.807, 2.05) is 60.0 Å². The predicted molar refractivity (Wildman–Crippen MR) is 114 cm³/mol. The first-order chi connectivity index (χ1) is 13.6. The van der Waals surface area contributed by atoms with E-state index in [1.165, 1.54) is 11.3 Å². The third-order valence-corrected chi connectivity index (χ3v) is 5.32. The van der Waals surface area contributed by atoms with Crippen molar-refractivity contribution in [1.82, 2.24) is 15.6 Å². The van der Waals surface area contributed by atoms with Gasteiger partial charge in [0, 0.05) is 35.6 Å². The standard InChI is InChI=1S/C21H22ClN3O2S/c22-17-8-6-16(7-9-17)21-25-18(14-28-21)12-20(27)24-11-10-23-13-19(26)15-4-2-1-3-5-15/h1-9,14,19,23,26H,10-13H2,(H,24,27). The van der Waals surface area contributed by atoms with Crippen LogP contribution in [0.3, 0.4) is 0 Å². The topological polar surface area (TPSA) is 74.2 Å². The van der Waals surface area contributed by atoms with Gasteiger partial charge in [-0.1, -0.05) is 54.1 Å². The average Bonchev–Trinajstić information content (AvgIpc) is 3.17. The van der Waals surface area contributed by atoms with Gasteiger partial charge in [-0.05, 0) is 17.7 Å². The zero-order chi connectivity index (χ0) is 19.8. The van der Waals surface area contributed by atoms with Crippen LogP contribution in [-0.2, 0) is 11.2 Å². The molecule has 0 aliphatic heterocycles. The van der Waals surface area contributed by atoms with Crippen LogP contribution in [0.2, 0.25) is 5.02 Å². The summed E-state index contributed by atoms with van der Waals surface area (Å²) in [4.78, 5) is 16.6. The normalized spacial score (nSPS) is 11.9. The first kappa shape index (κ1) is 20.5. The van der Waals surface area contributed by atoms with Crippen molar-refractivity contribution in [3.05, 3.63) is 76.3 Å². The van der Waals surface area contributed by atoms with Crippen molar-refractivity contribution in [2.45, 2.75) is 12.5 Å². The van der Waals surface area contributed by atoms with Gasteiger partial charge in [-0.3, -0.25) is 4.79 Å². The molecule has 0 saturated carbocycles. The number of nitrogens with zero attached hydrogens (tertiary/aromatic N) is 1. The Bertz CT molecular complexity index is 884. The number of thiazole rings is 1. The average molecular weight is 416 g/mol. The van der Waals surface area contributed by atoms with Gasteiger partial charge in [0.05, 0.1) is 18.2 Å². The molecule has 28 heavy (non-hydrogen) atoms. The Morgan fingerprint density at radius 3 is 2.61 bits per heavy atom. The Labute approximate surface area is 173 Å². The molecular weight excluding hydrogens is 394 g/mol. The van der Waals surface area contributed by atoms with E-state index in [4.69, 9.17) is 11.6 Å². The minimum absolute atomic E-state index is 0.0710. The van der Waals surface area contributed by atoms with Crippen molar-refractivity contribution in [1.29, 1.82) is 0 Å². The lowest BCUT2D eigenvalue weighted by Gasteiger charge is -2.12. The molecule has 7 heteroatoms. The van der Waals surface area contributed by atoms with Gasteiger partial charge in [0.2, 0.25) is 5.91 Å². The molecule has 0 radical (unpaired) electrons. The smallest absolute Gasteiger partial charge is 0.226 e. The van der Waals surface area contributed by atoms with E-state index in [2.05, 4.69) is 15.6 Å². The van der Waals surface area contributed by atoms with E-state index >= 15 is 0 Å². The number of aromatic nitrogens is 1. The first-order valence-corrected chi connectivity index (χ1v) is 10.3. The van der Waals surface area contributed by atoms with Gasteiger partial charge in [-0.15, -0.1) is 11.3 Å². The first-order valence-electron chi connectivity index (χ1n) is 9.02. The third-order valence-electron chi connectivity index (χ3n) is 4.13. The molecule has 0 bridgehead atoms. The van der Waals surface area contributed by atoms with E-state index < -0.39 is 6.10 Å². The maximum Gasteiger partial charge on any atom is 0.226 e. The fourth-order valence-electron chi connectivity index (χ4n) is 2.66. The second kappa shape index (κ2) is 10.3. The molecule has 0 spiro atoms. The molecule has 0 fully saturated rings. The zero-order valence-electron chi connectivity index (χ0n) is 15.3. The van der Waals surface area contributed by atoms with Gasteiger partial charge < -0.3 is 15.7 Å². The molecule has 2 aromatic carbocycles. The minimum Gasteiger partial charge on any atom is -0.387 e. The number of carbonyl (C=O) groups is 1. The third kappa shape index (κ3) is 6.14. The van der Waals surface area contributed by atoms with Gasteiger partial charge in [0.15, 0.2) is 0 Å². The highest BCUT2D eigenvalue weighted by Crippen LogP contribution is 2.25. The number of halogens is 1. The van der Waals surface area contributed by atoms with Gasteiger partial charge in [0.25, 0.3) is 0 Å². The van der Waals surface area contributed by atoms with Crippen molar-refractivity contribution >= 4 is 28.8 Å². The maximum atomic E-state index is 12.1. The van der Waals surface area contributed by atoms with Crippen LogP contribution in [0.1, 0.15) is 17.4 Å². The number of amides is 1. The van der Waals surface area contributed by atoms with E-state index in [0.717, 1.165) is 21.8 Å². The molecule has 1 amide bonds. The summed E-state index contributed by atoms with van der Waals surface area (Å²) in [7, 11) is 0. The van der Waals surface area contributed by atoms with E-state index in [-0.39, 0.29) is 12.3 Å². The van der Waals surface area contributed by atoms with Crippen molar-refractivity contribution in [2.24, 2.45) is 0 Å². The van der Waals surface area contributed by atoms with Crippen molar-refractivity contribution in [3.63, 3.8) is 0 Å². The van der Waals surface area contributed by atoms with Crippen molar-refractivity contribution in [2.75, 3.05) is 19.6 Å². The van der Waals surface area contributed by atoms with Gasteiger partial charge in [-0.2, -0.15) is 0 Å². The van der Waals surface area contributed by atoms with E-state index in [1.54, 1.807) is 0 Å².